The van der Waals surface area contributed by atoms with Crippen LogP contribution in [0.1, 0.15) is 46.6 Å². The number of nitrogens with zero attached hydrogens (tertiary/aromatic N) is 3. The number of aromatic nitrogens is 2. The lowest BCUT2D eigenvalue weighted by Gasteiger charge is -2.38. The van der Waals surface area contributed by atoms with Crippen molar-refractivity contribution in [2.75, 3.05) is 37.5 Å². The van der Waals surface area contributed by atoms with E-state index < -0.39 is 11.9 Å². The predicted molar refractivity (Wildman–Crippen MR) is 139 cm³/mol. The van der Waals surface area contributed by atoms with Gasteiger partial charge in [-0.05, 0) is 43.9 Å². The number of carbonyl (C=O) groups is 4. The third-order valence-electron chi connectivity index (χ3n) is 6.90. The largest absolute Gasteiger partial charge is 0.465 e. The van der Waals surface area contributed by atoms with Crippen molar-refractivity contribution in [3.63, 3.8) is 0 Å². The van der Waals surface area contributed by atoms with Crippen LogP contribution in [0.4, 0.5) is 11.5 Å². The summed E-state index contributed by atoms with van der Waals surface area (Å²) in [5.74, 6) is -1.92. The molecule has 39 heavy (non-hydrogen) atoms. The molecule has 13 heteroatoms. The van der Waals surface area contributed by atoms with E-state index in [1.54, 1.807) is 6.07 Å². The topological polar surface area (TPSA) is 153 Å². The molecule has 3 aromatic heterocycles. The lowest BCUT2D eigenvalue weighted by Crippen LogP contribution is -2.49. The van der Waals surface area contributed by atoms with Crippen molar-refractivity contribution >= 4 is 57.9 Å². The van der Waals surface area contributed by atoms with E-state index in [0.29, 0.717) is 43.9 Å². The number of carbonyl (C=O) groups excluding carboxylic acids is 4. The Morgan fingerprint density at radius 2 is 1.90 bits per heavy atom. The molecule has 0 spiro atoms. The average Bonchev–Trinajstić information content (AvgIpc) is 3.31. The van der Waals surface area contributed by atoms with E-state index in [1.807, 2.05) is 4.90 Å². The molecule has 2 N–H and O–H groups in total. The van der Waals surface area contributed by atoms with Gasteiger partial charge >= 0.3 is 5.97 Å². The van der Waals surface area contributed by atoms with E-state index in [1.165, 1.54) is 31.6 Å². The lowest BCUT2D eigenvalue weighted by molar-refractivity contribution is -0.146. The Balaban J connectivity index is 1.37. The van der Waals surface area contributed by atoms with Crippen LogP contribution in [0.15, 0.2) is 35.0 Å². The maximum Gasteiger partial charge on any atom is 0.339 e. The molecule has 1 aliphatic carbocycles. The number of morpholine rings is 1. The Morgan fingerprint density at radius 1 is 1.10 bits per heavy atom. The molecule has 4 heterocycles. The van der Waals surface area contributed by atoms with Gasteiger partial charge in [0.25, 0.3) is 5.91 Å². The summed E-state index contributed by atoms with van der Waals surface area (Å²) in [5.41, 5.74) is 0.539. The fraction of sp³-hybridized carbons (Fsp3) is 0.385. The highest BCUT2D eigenvalue weighted by Crippen LogP contribution is 2.34. The maximum absolute atomic E-state index is 13.3. The van der Waals surface area contributed by atoms with Crippen molar-refractivity contribution in [1.29, 1.82) is 0 Å². The summed E-state index contributed by atoms with van der Waals surface area (Å²) in [7, 11) is 1.24. The number of hydrogen-bond donors (Lipinski definition) is 2. The first-order chi connectivity index (χ1) is 18.8. The molecule has 3 amide bonds. The quantitative estimate of drug-likeness (QED) is 0.436. The smallest absolute Gasteiger partial charge is 0.339 e. The number of anilines is 2. The molecule has 12 nitrogen and oxygen atoms in total. The minimum Gasteiger partial charge on any atom is -0.465 e. The Labute approximate surface area is 228 Å². The molecule has 3 aromatic rings. The number of pyridine rings is 2. The number of hydrogen-bond acceptors (Lipinski definition) is 9. The molecule has 0 bridgehead atoms. The molecule has 0 radical (unpaired) electrons. The van der Waals surface area contributed by atoms with E-state index in [-0.39, 0.29) is 64.3 Å². The molecule has 0 atom stereocenters. The van der Waals surface area contributed by atoms with Gasteiger partial charge in [0, 0.05) is 30.9 Å². The van der Waals surface area contributed by atoms with Gasteiger partial charge in [-0.2, -0.15) is 0 Å². The summed E-state index contributed by atoms with van der Waals surface area (Å²) in [6, 6.07) is 4.56. The molecule has 0 aromatic carbocycles. The van der Waals surface area contributed by atoms with Crippen molar-refractivity contribution in [3.8, 4) is 0 Å². The zero-order chi connectivity index (χ0) is 27.5. The number of halogens is 1. The third-order valence-corrected chi connectivity index (χ3v) is 7.13. The zero-order valence-corrected chi connectivity index (χ0v) is 21.8. The first-order valence-electron chi connectivity index (χ1n) is 12.5. The summed E-state index contributed by atoms with van der Waals surface area (Å²) < 4.78 is 15.7. The van der Waals surface area contributed by atoms with Gasteiger partial charge in [-0.25, -0.2) is 14.8 Å². The van der Waals surface area contributed by atoms with E-state index in [4.69, 9.17) is 25.5 Å². The van der Waals surface area contributed by atoms with Gasteiger partial charge in [0.15, 0.2) is 5.58 Å². The maximum atomic E-state index is 13.3. The van der Waals surface area contributed by atoms with E-state index in [0.717, 1.165) is 0 Å². The first kappa shape index (κ1) is 26.6. The third kappa shape index (κ3) is 5.71. The van der Waals surface area contributed by atoms with Gasteiger partial charge in [-0.3, -0.25) is 14.4 Å². The van der Waals surface area contributed by atoms with Crippen LogP contribution >= 0.6 is 11.6 Å². The molecular formula is C26H26ClN5O7. The van der Waals surface area contributed by atoms with Gasteiger partial charge in [-0.1, -0.05) is 11.6 Å². The second-order valence-electron chi connectivity index (χ2n) is 9.32. The van der Waals surface area contributed by atoms with Crippen LogP contribution in [0.3, 0.4) is 0 Å². The number of furan rings is 1. The highest BCUT2D eigenvalue weighted by atomic mass is 35.5. The van der Waals surface area contributed by atoms with Gasteiger partial charge in [-0.15, -0.1) is 0 Å². The predicted octanol–water partition coefficient (Wildman–Crippen LogP) is 3.27. The van der Waals surface area contributed by atoms with Crippen LogP contribution in [0.5, 0.6) is 0 Å². The number of amides is 3. The van der Waals surface area contributed by atoms with Crippen LogP contribution in [0, 0.1) is 5.92 Å². The summed E-state index contributed by atoms with van der Waals surface area (Å²) in [5, 5.41) is 5.84. The zero-order valence-electron chi connectivity index (χ0n) is 21.1. The first-order valence-corrected chi connectivity index (χ1v) is 12.8. The highest BCUT2D eigenvalue weighted by Gasteiger charge is 2.34. The van der Waals surface area contributed by atoms with Crippen LogP contribution in [-0.4, -0.2) is 71.5 Å². The lowest BCUT2D eigenvalue weighted by atomic mass is 9.84. The minimum atomic E-state index is -0.674. The van der Waals surface area contributed by atoms with Crippen LogP contribution in [0.25, 0.3) is 11.1 Å². The highest BCUT2D eigenvalue weighted by molar-refractivity contribution is 6.30. The second kappa shape index (κ2) is 11.4. The van der Waals surface area contributed by atoms with Crippen LogP contribution in [0.2, 0.25) is 5.02 Å². The molecule has 204 valence electrons. The number of nitrogens with one attached hydrogen (secondary N) is 2. The number of methoxy groups -OCH3 is 1. The minimum absolute atomic E-state index is 0.0257. The molecule has 1 saturated heterocycles. The average molecular weight is 556 g/mol. The molecule has 2 fully saturated rings. The fourth-order valence-electron chi connectivity index (χ4n) is 4.90. The Morgan fingerprint density at radius 3 is 2.59 bits per heavy atom. The van der Waals surface area contributed by atoms with E-state index in [2.05, 4.69) is 20.6 Å². The number of esters is 1. The van der Waals surface area contributed by atoms with Crippen LogP contribution in [-0.2, 0) is 19.1 Å². The molecule has 1 aliphatic heterocycles. The monoisotopic (exact) mass is 555 g/mol. The molecule has 5 rings (SSSR count). The molecular weight excluding hydrogens is 530 g/mol. The van der Waals surface area contributed by atoms with Crippen molar-refractivity contribution < 1.29 is 33.1 Å². The number of ether oxygens (including phenoxy) is 2. The Bertz CT molecular complexity index is 1420. The van der Waals surface area contributed by atoms with Gasteiger partial charge in [0.1, 0.15) is 23.6 Å². The van der Waals surface area contributed by atoms with Crippen molar-refractivity contribution in [3.05, 3.63) is 46.9 Å². The molecule has 0 unspecified atom stereocenters. The second-order valence-corrected chi connectivity index (χ2v) is 9.76. The molecule has 1 saturated carbocycles. The summed E-state index contributed by atoms with van der Waals surface area (Å²) >= 11 is 5.88. The Kier molecular flexibility index (Phi) is 7.75. The number of fused-ring (bicyclic) bond motifs is 1. The van der Waals surface area contributed by atoms with Gasteiger partial charge in [0.05, 0.1) is 24.3 Å². The summed E-state index contributed by atoms with van der Waals surface area (Å²) in [6.45, 7) is 1.16. The van der Waals surface area contributed by atoms with Gasteiger partial charge < -0.3 is 29.4 Å². The van der Waals surface area contributed by atoms with Gasteiger partial charge in [0.2, 0.25) is 17.6 Å². The molecule has 2 aliphatic rings. The van der Waals surface area contributed by atoms with Crippen molar-refractivity contribution in [1.82, 2.24) is 14.9 Å². The van der Waals surface area contributed by atoms with Crippen molar-refractivity contribution in [2.45, 2.75) is 31.7 Å². The van der Waals surface area contributed by atoms with E-state index >= 15 is 0 Å². The summed E-state index contributed by atoms with van der Waals surface area (Å²) in [6.07, 6.45) is 5.19. The van der Waals surface area contributed by atoms with Crippen LogP contribution < -0.4 is 10.6 Å². The summed E-state index contributed by atoms with van der Waals surface area (Å²) in [4.78, 5) is 60.9. The standard InChI is InChI=1S/C26H26ClN5O7/c1-37-26(36)15-10-18-21(29-11-15)22(23(39-18)25(35)30-19-7-4-16(27)12-28-19)31-24(34)14-2-5-17(6-3-14)32-8-9-38-13-20(32)33/h4,7,10-12,14,17H,2-3,5-6,8-9,13H2,1H3,(H,31,34)(H,28,30,35). The fourth-order valence-corrected chi connectivity index (χ4v) is 5.01. The SMILES string of the molecule is COC(=O)c1cnc2c(NC(=O)C3CCC(N4CCOCC4=O)CC3)c(C(=O)Nc3ccc(Cl)cn3)oc2c1. The number of rotatable bonds is 6. The Hall–Kier alpha value is -4.03. The normalized spacial score (nSPS) is 19.5. The van der Waals surface area contributed by atoms with Crippen molar-refractivity contribution in [2.24, 2.45) is 5.92 Å². The van der Waals surface area contributed by atoms with E-state index in [9.17, 15) is 19.2 Å².